The Morgan fingerprint density at radius 1 is 1.29 bits per heavy atom. The first-order chi connectivity index (χ1) is 6.84. The maximum Gasteiger partial charge on any atom is 0.0303 e. The molecule has 14 heavy (non-hydrogen) atoms. The summed E-state index contributed by atoms with van der Waals surface area (Å²) >= 11 is 6.97. The molecule has 0 aliphatic rings. The van der Waals surface area contributed by atoms with Gasteiger partial charge in [0.2, 0.25) is 0 Å². The lowest BCUT2D eigenvalue weighted by Crippen LogP contribution is -2.10. The Kier molecular flexibility index (Phi) is 3.75. The Morgan fingerprint density at radius 2 is 2.21 bits per heavy atom. The molecule has 0 saturated carbocycles. The van der Waals surface area contributed by atoms with Gasteiger partial charge in [-0.15, -0.1) is 11.3 Å². The van der Waals surface area contributed by atoms with Gasteiger partial charge >= 0.3 is 0 Å². The summed E-state index contributed by atoms with van der Waals surface area (Å²) in [4.78, 5) is 1.37. The maximum absolute atomic E-state index is 3.45. The summed E-state index contributed by atoms with van der Waals surface area (Å²) in [6, 6.07) is 4.31. The van der Waals surface area contributed by atoms with Gasteiger partial charge in [0.05, 0.1) is 0 Å². The fourth-order valence-corrected chi connectivity index (χ4v) is 3.26. The SMILES string of the molecule is Brc1csc(CNCc2ccsc2)c1. The van der Waals surface area contributed by atoms with Crippen LogP contribution in [0.1, 0.15) is 10.4 Å². The highest BCUT2D eigenvalue weighted by Gasteiger charge is 1.97. The lowest BCUT2D eigenvalue weighted by molar-refractivity contribution is 0.702. The van der Waals surface area contributed by atoms with Gasteiger partial charge in [-0.3, -0.25) is 0 Å². The molecule has 2 aromatic heterocycles. The summed E-state index contributed by atoms with van der Waals surface area (Å²) in [5, 5.41) is 9.81. The van der Waals surface area contributed by atoms with Crippen LogP contribution >= 0.6 is 38.6 Å². The van der Waals surface area contributed by atoms with Crippen LogP contribution in [0.3, 0.4) is 0 Å². The number of rotatable bonds is 4. The standard InChI is InChI=1S/C10H10BrNS2/c11-9-3-10(14-7-9)5-12-4-8-1-2-13-6-8/h1-3,6-7,12H,4-5H2. The largest absolute Gasteiger partial charge is 0.308 e. The third kappa shape index (κ3) is 2.92. The molecule has 0 saturated heterocycles. The summed E-state index contributed by atoms with van der Waals surface area (Å²) in [6.07, 6.45) is 0. The minimum Gasteiger partial charge on any atom is -0.308 e. The fourth-order valence-electron chi connectivity index (χ4n) is 1.17. The lowest BCUT2D eigenvalue weighted by atomic mass is 10.3. The van der Waals surface area contributed by atoms with Crippen LogP contribution in [0.15, 0.2) is 32.7 Å². The Hall–Kier alpha value is -0.160. The first kappa shape index (κ1) is 10.4. The van der Waals surface area contributed by atoms with Crippen molar-refractivity contribution in [3.05, 3.63) is 43.2 Å². The molecule has 0 fully saturated rings. The molecule has 1 nitrogen and oxygen atoms in total. The van der Waals surface area contributed by atoms with Crippen LogP contribution < -0.4 is 5.32 Å². The molecular formula is C10H10BrNS2. The Labute approximate surface area is 99.9 Å². The smallest absolute Gasteiger partial charge is 0.0303 e. The zero-order chi connectivity index (χ0) is 9.80. The molecule has 0 unspecified atom stereocenters. The summed E-state index contributed by atoms with van der Waals surface area (Å²) in [7, 11) is 0. The van der Waals surface area contributed by atoms with E-state index < -0.39 is 0 Å². The maximum atomic E-state index is 3.45. The molecule has 74 valence electrons. The van der Waals surface area contributed by atoms with Gasteiger partial charge in [0.15, 0.2) is 0 Å². The van der Waals surface area contributed by atoms with Crippen LogP contribution in [0.5, 0.6) is 0 Å². The summed E-state index contributed by atoms with van der Waals surface area (Å²) in [5.41, 5.74) is 1.37. The number of halogens is 1. The average molecular weight is 288 g/mol. The summed E-state index contributed by atoms with van der Waals surface area (Å²) in [5.74, 6) is 0. The van der Waals surface area contributed by atoms with Gasteiger partial charge in [-0.25, -0.2) is 0 Å². The van der Waals surface area contributed by atoms with E-state index in [9.17, 15) is 0 Å². The molecule has 0 radical (unpaired) electrons. The first-order valence-electron chi connectivity index (χ1n) is 4.29. The Morgan fingerprint density at radius 3 is 2.86 bits per heavy atom. The van der Waals surface area contributed by atoms with Gasteiger partial charge in [0, 0.05) is 27.8 Å². The van der Waals surface area contributed by atoms with E-state index in [1.165, 1.54) is 14.9 Å². The van der Waals surface area contributed by atoms with E-state index in [4.69, 9.17) is 0 Å². The first-order valence-corrected chi connectivity index (χ1v) is 6.91. The van der Waals surface area contributed by atoms with Crippen LogP contribution in [-0.4, -0.2) is 0 Å². The predicted octanol–water partition coefficient (Wildman–Crippen LogP) is 3.86. The monoisotopic (exact) mass is 287 g/mol. The highest BCUT2D eigenvalue weighted by atomic mass is 79.9. The number of hydrogen-bond donors (Lipinski definition) is 1. The van der Waals surface area contributed by atoms with Crippen molar-refractivity contribution < 1.29 is 0 Å². The Balaban J connectivity index is 1.78. The zero-order valence-corrected chi connectivity index (χ0v) is 10.7. The lowest BCUT2D eigenvalue weighted by Gasteiger charge is -1.99. The Bertz CT molecular complexity index is 380. The molecule has 0 aliphatic carbocycles. The van der Waals surface area contributed by atoms with Gasteiger partial charge in [-0.1, -0.05) is 0 Å². The van der Waals surface area contributed by atoms with Gasteiger partial charge in [0.1, 0.15) is 0 Å². The van der Waals surface area contributed by atoms with Crippen molar-refractivity contribution in [3.8, 4) is 0 Å². The van der Waals surface area contributed by atoms with E-state index in [-0.39, 0.29) is 0 Å². The highest BCUT2D eigenvalue weighted by molar-refractivity contribution is 9.10. The molecule has 0 spiro atoms. The number of nitrogens with one attached hydrogen (secondary N) is 1. The molecular weight excluding hydrogens is 278 g/mol. The van der Waals surface area contributed by atoms with Crippen LogP contribution in [0.25, 0.3) is 0 Å². The van der Waals surface area contributed by atoms with Crippen molar-refractivity contribution in [2.75, 3.05) is 0 Å². The second kappa shape index (κ2) is 5.07. The molecule has 0 atom stereocenters. The number of thiophene rings is 2. The third-order valence-corrected chi connectivity index (χ3v) is 4.26. The van der Waals surface area contributed by atoms with Gasteiger partial charge in [-0.05, 0) is 44.4 Å². The molecule has 1 N–H and O–H groups in total. The molecule has 0 amide bonds. The molecule has 2 heterocycles. The van der Waals surface area contributed by atoms with E-state index in [2.05, 4.69) is 49.5 Å². The van der Waals surface area contributed by atoms with Crippen molar-refractivity contribution in [2.24, 2.45) is 0 Å². The van der Waals surface area contributed by atoms with Crippen molar-refractivity contribution >= 4 is 38.6 Å². The number of hydrogen-bond acceptors (Lipinski definition) is 3. The van der Waals surface area contributed by atoms with E-state index in [1.54, 1.807) is 22.7 Å². The summed E-state index contributed by atoms with van der Waals surface area (Å²) in [6.45, 7) is 1.91. The minimum atomic E-state index is 0.951. The van der Waals surface area contributed by atoms with E-state index >= 15 is 0 Å². The fraction of sp³-hybridized carbons (Fsp3) is 0.200. The topological polar surface area (TPSA) is 12.0 Å². The van der Waals surface area contributed by atoms with Crippen molar-refractivity contribution in [1.29, 1.82) is 0 Å². The van der Waals surface area contributed by atoms with Gasteiger partial charge in [0.25, 0.3) is 0 Å². The predicted molar refractivity (Wildman–Crippen MR) is 66.9 cm³/mol. The average Bonchev–Trinajstić information content (AvgIpc) is 2.77. The third-order valence-electron chi connectivity index (χ3n) is 1.83. The molecule has 4 heteroatoms. The van der Waals surface area contributed by atoms with E-state index in [1.807, 2.05) is 0 Å². The van der Waals surface area contributed by atoms with Crippen LogP contribution in [0.4, 0.5) is 0 Å². The molecule has 0 bridgehead atoms. The van der Waals surface area contributed by atoms with E-state index in [0.717, 1.165) is 13.1 Å². The van der Waals surface area contributed by atoms with Crippen molar-refractivity contribution in [3.63, 3.8) is 0 Å². The molecule has 0 aliphatic heterocycles. The van der Waals surface area contributed by atoms with Gasteiger partial charge in [-0.2, -0.15) is 11.3 Å². The van der Waals surface area contributed by atoms with Crippen molar-refractivity contribution in [1.82, 2.24) is 5.32 Å². The second-order valence-electron chi connectivity index (χ2n) is 2.97. The van der Waals surface area contributed by atoms with Crippen LogP contribution in [-0.2, 0) is 13.1 Å². The van der Waals surface area contributed by atoms with Crippen LogP contribution in [0.2, 0.25) is 0 Å². The summed E-state index contributed by atoms with van der Waals surface area (Å²) < 4.78 is 1.18. The van der Waals surface area contributed by atoms with Gasteiger partial charge < -0.3 is 5.32 Å². The molecule has 0 aromatic carbocycles. The van der Waals surface area contributed by atoms with Crippen LogP contribution in [0, 0.1) is 0 Å². The molecule has 2 aromatic rings. The zero-order valence-electron chi connectivity index (χ0n) is 7.50. The minimum absolute atomic E-state index is 0.951. The highest BCUT2D eigenvalue weighted by Crippen LogP contribution is 2.19. The second-order valence-corrected chi connectivity index (χ2v) is 5.66. The normalized spacial score (nSPS) is 10.6. The molecule has 2 rings (SSSR count). The van der Waals surface area contributed by atoms with E-state index in [0.29, 0.717) is 0 Å². The van der Waals surface area contributed by atoms with Crippen molar-refractivity contribution in [2.45, 2.75) is 13.1 Å². The quantitative estimate of drug-likeness (QED) is 0.900.